The first-order chi connectivity index (χ1) is 22.6. The van der Waals surface area contributed by atoms with Crippen LogP contribution in [0.5, 0.6) is 0 Å². The van der Waals surface area contributed by atoms with Crippen LogP contribution in [0.3, 0.4) is 0 Å². The van der Waals surface area contributed by atoms with Gasteiger partial charge in [0.15, 0.2) is 0 Å². The van der Waals surface area contributed by atoms with E-state index in [0.717, 1.165) is 44.8 Å². The van der Waals surface area contributed by atoms with Gasteiger partial charge in [-0.2, -0.15) is 0 Å². The highest BCUT2D eigenvalue weighted by Crippen LogP contribution is 2.41. The summed E-state index contributed by atoms with van der Waals surface area (Å²) in [4.78, 5) is 69.0. The van der Waals surface area contributed by atoms with Crippen LogP contribution in [-0.2, 0) is 29.2 Å². The highest BCUT2D eigenvalue weighted by Gasteiger charge is 2.49. The second-order valence-corrected chi connectivity index (χ2v) is 18.8. The van der Waals surface area contributed by atoms with Gasteiger partial charge in [-0.05, 0) is 60.7 Å². The van der Waals surface area contributed by atoms with Gasteiger partial charge in [0.1, 0.15) is 12.1 Å². The number of nitrogens with one attached hydrogen (secondary N) is 3. The Morgan fingerprint density at radius 1 is 0.939 bits per heavy atom. The molecule has 3 aliphatic rings. The SMILES string of the molecule is CC(C)C[C@H]1CCN(C(=O)[C@@H](NC(=O)N[C@H](CN(C)S(C)(=O)=O)C(C)(C)C)C2(C)CCCCC2)[C@@H]1C(=O)NC(CC1CCC1)C(=O)C(N)=O. The van der Waals surface area contributed by atoms with Gasteiger partial charge < -0.3 is 26.6 Å². The Labute approximate surface area is 293 Å². The molecule has 0 bridgehead atoms. The number of hydrogen-bond acceptors (Lipinski definition) is 7. The molecule has 14 heteroatoms. The van der Waals surface area contributed by atoms with E-state index < -0.39 is 68.6 Å². The third-order valence-corrected chi connectivity index (χ3v) is 12.4. The van der Waals surface area contributed by atoms with Gasteiger partial charge >= 0.3 is 6.03 Å². The number of carbonyl (C=O) groups is 5. The number of urea groups is 1. The molecule has 1 aliphatic heterocycles. The van der Waals surface area contributed by atoms with Crippen LogP contribution in [0.15, 0.2) is 0 Å². The Morgan fingerprint density at radius 2 is 1.55 bits per heavy atom. The zero-order chi connectivity index (χ0) is 36.9. The van der Waals surface area contributed by atoms with Gasteiger partial charge in [-0.15, -0.1) is 0 Å². The third-order valence-electron chi connectivity index (χ3n) is 11.1. The van der Waals surface area contributed by atoms with Crippen molar-refractivity contribution in [1.82, 2.24) is 25.2 Å². The van der Waals surface area contributed by atoms with E-state index in [1.54, 1.807) is 4.90 Å². The summed E-state index contributed by atoms with van der Waals surface area (Å²) in [5.74, 6) is -2.50. The van der Waals surface area contributed by atoms with Gasteiger partial charge in [-0.3, -0.25) is 19.2 Å². The van der Waals surface area contributed by atoms with E-state index in [0.29, 0.717) is 38.6 Å². The quantitative estimate of drug-likeness (QED) is 0.188. The Balaban J connectivity index is 1.93. The van der Waals surface area contributed by atoms with Crippen LogP contribution in [0.4, 0.5) is 4.79 Å². The second kappa shape index (κ2) is 16.5. The first kappa shape index (κ1) is 40.7. The number of primary amides is 1. The molecule has 0 spiro atoms. The van der Waals surface area contributed by atoms with Gasteiger partial charge in [-0.1, -0.05) is 80.1 Å². The standard InChI is InChI=1S/C35H62N6O7S/c1-22(2)19-24-15-18-41(27(24)31(44)37-25(28(42)30(36)43)20-23-13-12-14-23)32(45)29(35(6)16-10-9-11-17-35)39-33(46)38-26(34(3,4)5)21-40(7)49(8,47)48/h22-27,29H,9-21H2,1-8H3,(H2,36,43)(H,37,44)(H2,38,39,46)/t24-,25?,26-,27+,29-/m1/s1. The van der Waals surface area contributed by atoms with E-state index in [-0.39, 0.29) is 30.2 Å². The summed E-state index contributed by atoms with van der Waals surface area (Å²) in [6, 6.07) is -4.05. The van der Waals surface area contributed by atoms with Crippen molar-refractivity contribution in [3.05, 3.63) is 0 Å². The number of likely N-dealkylation sites (N-methyl/N-ethyl adjacent to an activating group) is 1. The molecule has 5 N–H and O–H groups in total. The lowest BCUT2D eigenvalue weighted by atomic mass is 9.70. The molecule has 2 saturated carbocycles. The summed E-state index contributed by atoms with van der Waals surface area (Å²) in [7, 11) is -2.04. The van der Waals surface area contributed by atoms with Crippen LogP contribution < -0.4 is 21.7 Å². The van der Waals surface area contributed by atoms with Crippen LogP contribution in [0, 0.1) is 28.6 Å². The van der Waals surface area contributed by atoms with Crippen molar-refractivity contribution in [2.24, 2.45) is 34.3 Å². The number of nitrogens with zero attached hydrogens (tertiary/aromatic N) is 2. The minimum Gasteiger partial charge on any atom is -0.363 e. The Morgan fingerprint density at radius 3 is 2.04 bits per heavy atom. The maximum absolute atomic E-state index is 14.8. The van der Waals surface area contributed by atoms with E-state index in [2.05, 4.69) is 29.8 Å². The Bertz CT molecular complexity index is 1320. The monoisotopic (exact) mass is 710 g/mol. The first-order valence-electron chi connectivity index (χ1n) is 18.1. The summed E-state index contributed by atoms with van der Waals surface area (Å²) >= 11 is 0. The van der Waals surface area contributed by atoms with Crippen molar-refractivity contribution >= 4 is 39.6 Å². The molecule has 5 atom stereocenters. The van der Waals surface area contributed by atoms with Crippen molar-refractivity contribution in [3.63, 3.8) is 0 Å². The summed E-state index contributed by atoms with van der Waals surface area (Å²) < 4.78 is 25.6. The van der Waals surface area contributed by atoms with Gasteiger partial charge in [-0.25, -0.2) is 17.5 Å². The fourth-order valence-corrected chi connectivity index (χ4v) is 8.06. The van der Waals surface area contributed by atoms with Crippen LogP contribution in [-0.4, -0.2) is 97.7 Å². The van der Waals surface area contributed by atoms with Crippen LogP contribution in [0.2, 0.25) is 0 Å². The molecule has 1 saturated heterocycles. The number of amides is 5. The van der Waals surface area contributed by atoms with Gasteiger partial charge in [0.25, 0.3) is 5.91 Å². The number of nitrogens with two attached hydrogens (primary N) is 1. The van der Waals surface area contributed by atoms with Crippen molar-refractivity contribution in [2.75, 3.05) is 26.4 Å². The molecule has 0 radical (unpaired) electrons. The molecule has 280 valence electrons. The number of likely N-dealkylation sites (tertiary alicyclic amines) is 1. The normalized spacial score (nSPS) is 23.3. The van der Waals surface area contributed by atoms with E-state index >= 15 is 0 Å². The maximum Gasteiger partial charge on any atom is 0.315 e. The Hall–Kier alpha value is -2.74. The molecular weight excluding hydrogens is 648 g/mol. The summed E-state index contributed by atoms with van der Waals surface area (Å²) in [6.45, 7) is 12.2. The van der Waals surface area contributed by atoms with Gasteiger partial charge in [0.2, 0.25) is 27.6 Å². The van der Waals surface area contributed by atoms with Crippen LogP contribution >= 0.6 is 0 Å². The lowest BCUT2D eigenvalue weighted by molar-refractivity contribution is -0.145. The average Bonchev–Trinajstić information content (AvgIpc) is 3.38. The first-order valence-corrected chi connectivity index (χ1v) is 19.9. The highest BCUT2D eigenvalue weighted by molar-refractivity contribution is 7.88. The molecular formula is C35H62N6O7S. The van der Waals surface area contributed by atoms with Crippen LogP contribution in [0.1, 0.15) is 112 Å². The molecule has 5 amide bonds. The highest BCUT2D eigenvalue weighted by atomic mass is 32.2. The summed E-state index contributed by atoms with van der Waals surface area (Å²) in [5.41, 5.74) is 4.29. The molecule has 2 aliphatic carbocycles. The fraction of sp³-hybridized carbons (Fsp3) is 0.857. The lowest BCUT2D eigenvalue weighted by Gasteiger charge is -2.43. The van der Waals surface area contributed by atoms with E-state index in [9.17, 15) is 32.4 Å². The molecule has 49 heavy (non-hydrogen) atoms. The molecule has 0 aromatic heterocycles. The van der Waals surface area contributed by atoms with Crippen LogP contribution in [0.25, 0.3) is 0 Å². The summed E-state index contributed by atoms with van der Waals surface area (Å²) in [5, 5.41) is 8.78. The van der Waals surface area contributed by atoms with E-state index in [1.165, 1.54) is 11.4 Å². The van der Waals surface area contributed by atoms with E-state index in [1.807, 2.05) is 27.7 Å². The average molecular weight is 711 g/mol. The largest absolute Gasteiger partial charge is 0.363 e. The van der Waals surface area contributed by atoms with Crippen molar-refractivity contribution in [3.8, 4) is 0 Å². The molecule has 1 heterocycles. The number of rotatable bonds is 15. The predicted molar refractivity (Wildman–Crippen MR) is 189 cm³/mol. The van der Waals surface area contributed by atoms with Gasteiger partial charge in [0.05, 0.1) is 12.3 Å². The molecule has 1 unspecified atom stereocenters. The molecule has 3 fully saturated rings. The third kappa shape index (κ3) is 10.9. The minimum absolute atomic E-state index is 0.0446. The van der Waals surface area contributed by atoms with Crippen molar-refractivity contribution in [1.29, 1.82) is 0 Å². The molecule has 0 aromatic rings. The lowest BCUT2D eigenvalue weighted by Crippen LogP contribution is -2.63. The maximum atomic E-state index is 14.8. The number of ketones is 1. The minimum atomic E-state index is -3.50. The zero-order valence-corrected chi connectivity index (χ0v) is 31.8. The molecule has 0 aromatic carbocycles. The zero-order valence-electron chi connectivity index (χ0n) is 31.0. The van der Waals surface area contributed by atoms with Crippen molar-refractivity contribution < 1.29 is 32.4 Å². The van der Waals surface area contributed by atoms with Crippen molar-refractivity contribution in [2.45, 2.75) is 136 Å². The predicted octanol–water partition coefficient (Wildman–Crippen LogP) is 2.92. The molecule has 3 rings (SSSR count). The number of hydrogen-bond donors (Lipinski definition) is 4. The molecule has 13 nitrogen and oxygen atoms in total. The second-order valence-electron chi connectivity index (χ2n) is 16.7. The fourth-order valence-electron chi connectivity index (χ4n) is 7.64. The smallest absolute Gasteiger partial charge is 0.315 e. The summed E-state index contributed by atoms with van der Waals surface area (Å²) in [6.07, 6.45) is 9.78. The Kier molecular flexibility index (Phi) is 13.7. The van der Waals surface area contributed by atoms with Gasteiger partial charge in [0, 0.05) is 26.2 Å². The van der Waals surface area contributed by atoms with E-state index in [4.69, 9.17) is 5.73 Å². The number of sulfonamides is 1. The number of Topliss-reactive ketones (excluding diaryl/α,β-unsaturated/α-hetero) is 1. The number of carbonyl (C=O) groups excluding carboxylic acids is 5. The topological polar surface area (TPSA) is 188 Å².